The van der Waals surface area contributed by atoms with Crippen molar-refractivity contribution in [3.05, 3.63) is 76.2 Å². The zero-order valence-electron chi connectivity index (χ0n) is 19.3. The second-order valence-electron chi connectivity index (χ2n) is 8.24. The van der Waals surface area contributed by atoms with E-state index in [0.29, 0.717) is 30.3 Å². The van der Waals surface area contributed by atoms with Crippen molar-refractivity contribution < 1.29 is 14.3 Å². The second-order valence-corrected chi connectivity index (χ2v) is 8.24. The lowest BCUT2D eigenvalue weighted by atomic mass is 10.1. The molecule has 0 radical (unpaired) electrons. The minimum atomic E-state index is -0.738. The minimum absolute atomic E-state index is 0.0355. The van der Waals surface area contributed by atoms with Crippen molar-refractivity contribution in [3.8, 4) is 0 Å². The Labute approximate surface area is 197 Å². The van der Waals surface area contributed by atoms with Gasteiger partial charge < -0.3 is 4.74 Å². The van der Waals surface area contributed by atoms with Gasteiger partial charge in [0, 0.05) is 18.4 Å². The maximum Gasteiger partial charge on any atom is 0.359 e. The number of aromatic nitrogens is 2. The molecule has 3 aromatic rings. The molecule has 8 nitrogen and oxygen atoms in total. The van der Waals surface area contributed by atoms with Crippen LogP contribution in [0.2, 0.25) is 0 Å². The molecule has 0 bridgehead atoms. The summed E-state index contributed by atoms with van der Waals surface area (Å²) in [4.78, 5) is 38.3. The largest absolute Gasteiger partial charge is 0.451 e. The third-order valence-electron chi connectivity index (χ3n) is 5.81. The lowest BCUT2D eigenvalue weighted by Crippen LogP contribution is -2.30. The number of unbranched alkanes of at least 4 members (excludes halogenated alkanes) is 3. The number of fused-ring (bicyclic) bond motifs is 1. The molecule has 0 fully saturated rings. The van der Waals surface area contributed by atoms with Crippen molar-refractivity contribution in [1.82, 2.24) is 14.8 Å². The number of amides is 1. The summed E-state index contributed by atoms with van der Waals surface area (Å²) in [6, 6.07) is 16.5. The van der Waals surface area contributed by atoms with E-state index in [0.717, 1.165) is 37.0 Å². The van der Waals surface area contributed by atoms with Gasteiger partial charge in [0.25, 0.3) is 11.5 Å². The van der Waals surface area contributed by atoms with E-state index in [1.807, 2.05) is 30.3 Å². The third kappa shape index (κ3) is 5.22. The van der Waals surface area contributed by atoms with Crippen LogP contribution in [0, 0.1) is 0 Å². The molecule has 1 aliphatic heterocycles. The van der Waals surface area contributed by atoms with Crippen LogP contribution in [0.5, 0.6) is 0 Å². The number of nitrogens with zero attached hydrogens (tertiary/aromatic N) is 4. The monoisotopic (exact) mass is 460 g/mol. The van der Waals surface area contributed by atoms with Gasteiger partial charge >= 0.3 is 5.97 Å². The Morgan fingerprint density at radius 3 is 2.47 bits per heavy atom. The molecule has 8 heteroatoms. The Kier molecular flexibility index (Phi) is 7.47. The van der Waals surface area contributed by atoms with Crippen molar-refractivity contribution in [2.75, 3.05) is 13.2 Å². The Bertz CT molecular complexity index is 1270. The molecule has 0 unspecified atom stereocenters. The molecule has 176 valence electrons. The highest BCUT2D eigenvalue weighted by Gasteiger charge is 2.24. The van der Waals surface area contributed by atoms with Crippen LogP contribution in [0.3, 0.4) is 0 Å². The van der Waals surface area contributed by atoms with E-state index < -0.39 is 18.5 Å². The Hall–Kier alpha value is -3.81. The zero-order valence-corrected chi connectivity index (χ0v) is 19.3. The van der Waals surface area contributed by atoms with Gasteiger partial charge in [-0.2, -0.15) is 10.2 Å². The number of benzene rings is 2. The normalized spacial score (nSPS) is 13.2. The predicted molar refractivity (Wildman–Crippen MR) is 130 cm³/mol. The smallest absolute Gasteiger partial charge is 0.359 e. The second kappa shape index (κ2) is 10.9. The molecule has 0 saturated heterocycles. The number of ether oxygens (including phenoxy) is 1. The summed E-state index contributed by atoms with van der Waals surface area (Å²) in [5, 5.41) is 10.8. The van der Waals surface area contributed by atoms with Crippen LogP contribution in [0.4, 0.5) is 0 Å². The molecule has 0 aliphatic carbocycles. The Morgan fingerprint density at radius 2 is 1.71 bits per heavy atom. The molecule has 0 N–H and O–H groups in total. The van der Waals surface area contributed by atoms with Crippen LogP contribution in [0.1, 0.15) is 55.1 Å². The number of hydrogen-bond donors (Lipinski definition) is 0. The van der Waals surface area contributed by atoms with Crippen molar-refractivity contribution >= 4 is 28.4 Å². The van der Waals surface area contributed by atoms with Gasteiger partial charge in [0.1, 0.15) is 0 Å². The van der Waals surface area contributed by atoms with Crippen LogP contribution < -0.4 is 5.56 Å². The molecule has 2 heterocycles. The fraction of sp³-hybridized carbons (Fsp3) is 0.346. The van der Waals surface area contributed by atoms with Gasteiger partial charge in [-0.05, 0) is 18.1 Å². The number of esters is 1. The maximum absolute atomic E-state index is 12.9. The lowest BCUT2D eigenvalue weighted by molar-refractivity contribution is -0.134. The van der Waals surface area contributed by atoms with Gasteiger partial charge in [0.2, 0.25) is 0 Å². The van der Waals surface area contributed by atoms with Gasteiger partial charge in [0.15, 0.2) is 12.3 Å². The molecule has 0 spiro atoms. The summed E-state index contributed by atoms with van der Waals surface area (Å²) in [5.41, 5.74) is 1.59. The van der Waals surface area contributed by atoms with Crippen molar-refractivity contribution in [2.24, 2.45) is 5.10 Å². The van der Waals surface area contributed by atoms with Gasteiger partial charge in [-0.1, -0.05) is 74.7 Å². The van der Waals surface area contributed by atoms with E-state index in [1.165, 1.54) is 9.69 Å². The van der Waals surface area contributed by atoms with Crippen molar-refractivity contribution in [3.63, 3.8) is 0 Å². The quantitative estimate of drug-likeness (QED) is 0.358. The molecule has 34 heavy (non-hydrogen) atoms. The van der Waals surface area contributed by atoms with Gasteiger partial charge in [-0.15, -0.1) is 0 Å². The van der Waals surface area contributed by atoms with Gasteiger partial charge in [-0.3, -0.25) is 9.59 Å². The average Bonchev–Trinajstić information content (AvgIpc) is 3.37. The van der Waals surface area contributed by atoms with Gasteiger partial charge in [-0.25, -0.2) is 14.5 Å². The molecular weight excluding hydrogens is 432 g/mol. The summed E-state index contributed by atoms with van der Waals surface area (Å²) in [6.07, 6.45) is 4.57. The Balaban J connectivity index is 1.47. The van der Waals surface area contributed by atoms with E-state index in [1.54, 1.807) is 24.3 Å². The molecule has 1 aliphatic rings. The van der Waals surface area contributed by atoms with E-state index in [4.69, 9.17) is 4.74 Å². The number of carbonyl (C=O) groups is 2. The number of rotatable bonds is 9. The van der Waals surface area contributed by atoms with Crippen LogP contribution >= 0.6 is 0 Å². The van der Waals surface area contributed by atoms with E-state index in [-0.39, 0.29) is 11.3 Å². The highest BCUT2D eigenvalue weighted by Crippen LogP contribution is 2.16. The van der Waals surface area contributed by atoms with Gasteiger partial charge in [0.05, 0.1) is 17.6 Å². The van der Waals surface area contributed by atoms with E-state index in [9.17, 15) is 14.4 Å². The van der Waals surface area contributed by atoms with Crippen LogP contribution in [-0.4, -0.2) is 45.5 Å². The van der Waals surface area contributed by atoms with Crippen molar-refractivity contribution in [1.29, 1.82) is 0 Å². The Morgan fingerprint density at radius 1 is 0.971 bits per heavy atom. The maximum atomic E-state index is 12.9. The molecule has 0 saturated carbocycles. The summed E-state index contributed by atoms with van der Waals surface area (Å²) in [6.45, 7) is 2.53. The van der Waals surface area contributed by atoms with E-state index >= 15 is 0 Å². The first-order chi connectivity index (χ1) is 16.6. The summed E-state index contributed by atoms with van der Waals surface area (Å²) < 4.78 is 6.64. The third-order valence-corrected chi connectivity index (χ3v) is 5.81. The SMILES string of the molecule is CCCCCCn1nc(C(=O)OCC(=O)N2CCC(c3ccccc3)=N2)c2ccccc2c1=O. The number of hydrazone groups is 1. The molecule has 2 aromatic carbocycles. The summed E-state index contributed by atoms with van der Waals surface area (Å²) in [7, 11) is 0. The summed E-state index contributed by atoms with van der Waals surface area (Å²) in [5.74, 6) is -1.14. The van der Waals surface area contributed by atoms with Crippen LogP contribution in [-0.2, 0) is 16.1 Å². The predicted octanol–water partition coefficient (Wildman–Crippen LogP) is 3.77. The standard InChI is InChI=1S/C26H28N4O4/c1-2-3-4-10-16-30-25(32)21-14-9-8-13-20(21)24(28-30)26(33)34-18-23(31)29-17-15-22(27-29)19-11-6-5-7-12-19/h5-9,11-14H,2-4,10,15-18H2,1H3. The van der Waals surface area contributed by atoms with Crippen LogP contribution in [0.15, 0.2) is 64.5 Å². The highest BCUT2D eigenvalue weighted by molar-refractivity contribution is 6.04. The first-order valence-corrected chi connectivity index (χ1v) is 11.7. The lowest BCUT2D eigenvalue weighted by Gasteiger charge is -2.13. The average molecular weight is 461 g/mol. The first kappa shape index (κ1) is 23.4. The fourth-order valence-corrected chi connectivity index (χ4v) is 3.97. The topological polar surface area (TPSA) is 93.9 Å². The number of carbonyl (C=O) groups excluding carboxylic acids is 2. The molecule has 4 rings (SSSR count). The first-order valence-electron chi connectivity index (χ1n) is 11.7. The zero-order chi connectivity index (χ0) is 23.9. The molecular formula is C26H28N4O4. The fourth-order valence-electron chi connectivity index (χ4n) is 3.97. The van der Waals surface area contributed by atoms with Crippen LogP contribution in [0.25, 0.3) is 10.8 Å². The number of aryl methyl sites for hydroxylation is 1. The molecule has 0 atom stereocenters. The number of hydrogen-bond acceptors (Lipinski definition) is 6. The summed E-state index contributed by atoms with van der Waals surface area (Å²) >= 11 is 0. The van der Waals surface area contributed by atoms with Crippen molar-refractivity contribution in [2.45, 2.75) is 45.6 Å². The molecule has 1 aromatic heterocycles. The highest BCUT2D eigenvalue weighted by atomic mass is 16.5. The minimum Gasteiger partial charge on any atom is -0.451 e. The van der Waals surface area contributed by atoms with E-state index in [2.05, 4.69) is 17.1 Å². The molecule has 1 amide bonds.